The van der Waals surface area contributed by atoms with Crippen molar-refractivity contribution in [2.45, 2.75) is 52.7 Å². The predicted octanol–water partition coefficient (Wildman–Crippen LogP) is 1.85. The SMILES string of the molecule is CC(C)(O)C#CC#CC(C)(C)O.CCOC(=O)OC(=O)OCC. The van der Waals surface area contributed by atoms with Gasteiger partial charge in [0.05, 0.1) is 13.2 Å². The molecule has 0 aromatic rings. The summed E-state index contributed by atoms with van der Waals surface area (Å²) >= 11 is 0. The van der Waals surface area contributed by atoms with Gasteiger partial charge in [-0.1, -0.05) is 11.8 Å². The maximum atomic E-state index is 10.4. The Morgan fingerprint density at radius 1 is 0.826 bits per heavy atom. The first kappa shape index (κ1) is 23.1. The van der Waals surface area contributed by atoms with Crippen LogP contribution in [0, 0.1) is 23.7 Å². The molecule has 0 radical (unpaired) electrons. The van der Waals surface area contributed by atoms with E-state index in [1.807, 2.05) is 0 Å². The topological polar surface area (TPSA) is 102 Å². The van der Waals surface area contributed by atoms with Gasteiger partial charge in [-0.05, 0) is 53.4 Å². The Bertz CT molecular complexity index is 441. The highest BCUT2D eigenvalue weighted by Crippen LogP contribution is 1.97. The van der Waals surface area contributed by atoms with Crippen LogP contribution in [0.5, 0.6) is 0 Å². The van der Waals surface area contributed by atoms with Crippen molar-refractivity contribution in [2.75, 3.05) is 13.2 Å². The Morgan fingerprint density at radius 2 is 1.13 bits per heavy atom. The highest BCUT2D eigenvalue weighted by atomic mass is 16.8. The van der Waals surface area contributed by atoms with Gasteiger partial charge in [0.15, 0.2) is 0 Å². The molecule has 2 N–H and O–H groups in total. The summed E-state index contributed by atoms with van der Waals surface area (Å²) in [7, 11) is 0. The third-order valence-electron chi connectivity index (χ3n) is 1.49. The van der Waals surface area contributed by atoms with Gasteiger partial charge in [0.25, 0.3) is 0 Å². The number of rotatable bonds is 2. The van der Waals surface area contributed by atoms with E-state index in [1.165, 1.54) is 0 Å². The molecule has 7 nitrogen and oxygen atoms in total. The summed E-state index contributed by atoms with van der Waals surface area (Å²) in [5, 5.41) is 18.3. The van der Waals surface area contributed by atoms with Crippen molar-refractivity contribution in [3.05, 3.63) is 0 Å². The van der Waals surface area contributed by atoms with E-state index in [0.29, 0.717) is 0 Å². The molecule has 0 aliphatic rings. The fourth-order valence-electron chi connectivity index (χ4n) is 0.731. The molecule has 0 aliphatic heterocycles. The largest absolute Gasteiger partial charge is 0.518 e. The van der Waals surface area contributed by atoms with Crippen LogP contribution in [-0.4, -0.2) is 46.9 Å². The number of aliphatic hydroxyl groups is 2. The smallest absolute Gasteiger partial charge is 0.434 e. The Kier molecular flexibility index (Phi) is 11.4. The first-order valence-corrected chi connectivity index (χ1v) is 6.91. The number of hydrogen-bond donors (Lipinski definition) is 2. The van der Waals surface area contributed by atoms with Crippen LogP contribution >= 0.6 is 0 Å². The van der Waals surface area contributed by atoms with E-state index in [0.717, 1.165) is 0 Å². The minimum atomic E-state index is -1.04. The van der Waals surface area contributed by atoms with Crippen LogP contribution in [0.3, 0.4) is 0 Å². The van der Waals surface area contributed by atoms with Crippen molar-refractivity contribution in [1.82, 2.24) is 0 Å². The van der Waals surface area contributed by atoms with Crippen LogP contribution in [0.1, 0.15) is 41.5 Å². The molecule has 0 saturated heterocycles. The highest BCUT2D eigenvalue weighted by Gasteiger charge is 2.10. The highest BCUT2D eigenvalue weighted by molar-refractivity contribution is 5.76. The van der Waals surface area contributed by atoms with Crippen LogP contribution in [-0.2, 0) is 14.2 Å². The molecular weight excluding hydrogens is 304 g/mol. The van der Waals surface area contributed by atoms with E-state index in [-0.39, 0.29) is 13.2 Å². The van der Waals surface area contributed by atoms with Gasteiger partial charge in [-0.25, -0.2) is 9.59 Å². The van der Waals surface area contributed by atoms with Crippen LogP contribution in [0.15, 0.2) is 0 Å². The predicted molar refractivity (Wildman–Crippen MR) is 83.3 cm³/mol. The Labute approximate surface area is 136 Å². The zero-order valence-corrected chi connectivity index (χ0v) is 14.3. The van der Waals surface area contributed by atoms with Gasteiger partial charge in [-0.2, -0.15) is 0 Å². The quantitative estimate of drug-likeness (QED) is 0.453. The summed E-state index contributed by atoms with van der Waals surface area (Å²) in [6, 6.07) is 0. The molecule has 23 heavy (non-hydrogen) atoms. The van der Waals surface area contributed by atoms with Crippen LogP contribution < -0.4 is 0 Å². The van der Waals surface area contributed by atoms with E-state index in [2.05, 4.69) is 37.9 Å². The molecule has 0 fully saturated rings. The minimum absolute atomic E-state index is 0.165. The number of carbonyl (C=O) groups is 2. The summed E-state index contributed by atoms with van der Waals surface area (Å²) in [6.07, 6.45) is -2.07. The Hall–Kier alpha value is -2.22. The van der Waals surface area contributed by atoms with Gasteiger partial charge in [0.1, 0.15) is 11.2 Å². The maximum Gasteiger partial charge on any atom is 0.518 e. The Balaban J connectivity index is 0. The average Bonchev–Trinajstić information content (AvgIpc) is 2.34. The lowest BCUT2D eigenvalue weighted by atomic mass is 10.1. The summed E-state index contributed by atoms with van der Waals surface area (Å²) in [4.78, 5) is 20.8. The number of hydrogen-bond acceptors (Lipinski definition) is 7. The third-order valence-corrected chi connectivity index (χ3v) is 1.49. The minimum Gasteiger partial charge on any atom is -0.434 e. The maximum absolute atomic E-state index is 10.4. The zero-order valence-electron chi connectivity index (χ0n) is 14.3. The van der Waals surface area contributed by atoms with Gasteiger partial charge < -0.3 is 24.4 Å². The standard InChI is InChI=1S/C10H14O2.C6H10O5/c1-9(2,11)7-5-6-8-10(3,4)12;1-3-9-5(7)11-6(8)10-4-2/h11-12H,1-4H3;3-4H2,1-2H3. The van der Waals surface area contributed by atoms with Crippen molar-refractivity contribution < 1.29 is 34.0 Å². The lowest BCUT2D eigenvalue weighted by Gasteiger charge is -2.05. The molecule has 0 aromatic heterocycles. The monoisotopic (exact) mass is 328 g/mol. The normalized spacial score (nSPS) is 9.74. The van der Waals surface area contributed by atoms with Crippen molar-refractivity contribution >= 4 is 12.3 Å². The summed E-state index contributed by atoms with van der Waals surface area (Å²) in [5.74, 6) is 9.95. The van der Waals surface area contributed by atoms with E-state index < -0.39 is 23.5 Å². The molecule has 0 rings (SSSR count). The second-order valence-corrected chi connectivity index (χ2v) is 5.09. The van der Waals surface area contributed by atoms with Gasteiger partial charge in [-0.3, -0.25) is 0 Å². The first-order chi connectivity index (χ1) is 10.4. The van der Waals surface area contributed by atoms with Gasteiger partial charge in [-0.15, -0.1) is 0 Å². The van der Waals surface area contributed by atoms with Crippen LogP contribution in [0.25, 0.3) is 0 Å². The Morgan fingerprint density at radius 3 is 1.35 bits per heavy atom. The van der Waals surface area contributed by atoms with Crippen LogP contribution in [0.2, 0.25) is 0 Å². The van der Waals surface area contributed by atoms with E-state index in [4.69, 9.17) is 10.2 Å². The molecular formula is C16H24O7. The van der Waals surface area contributed by atoms with Crippen LogP contribution in [0.4, 0.5) is 9.59 Å². The molecule has 0 aliphatic carbocycles. The fourth-order valence-corrected chi connectivity index (χ4v) is 0.731. The zero-order chi connectivity index (χ0) is 18.5. The average molecular weight is 328 g/mol. The lowest BCUT2D eigenvalue weighted by Crippen LogP contribution is -2.15. The van der Waals surface area contributed by atoms with Gasteiger partial charge in [0, 0.05) is 0 Å². The fraction of sp³-hybridized carbons (Fsp3) is 0.625. The van der Waals surface area contributed by atoms with Crippen molar-refractivity contribution in [3.8, 4) is 23.7 Å². The number of ether oxygens (including phenoxy) is 3. The molecule has 0 bridgehead atoms. The summed E-state index contributed by atoms with van der Waals surface area (Å²) in [5.41, 5.74) is -2.04. The number of carbonyl (C=O) groups excluding carboxylic acids is 2. The summed E-state index contributed by atoms with van der Waals surface area (Å²) in [6.45, 7) is 9.84. The van der Waals surface area contributed by atoms with E-state index in [1.54, 1.807) is 41.5 Å². The second-order valence-electron chi connectivity index (χ2n) is 5.09. The molecule has 0 heterocycles. The third kappa shape index (κ3) is 22.2. The molecule has 0 atom stereocenters. The molecule has 130 valence electrons. The summed E-state index contributed by atoms with van der Waals surface area (Å²) < 4.78 is 12.6. The van der Waals surface area contributed by atoms with E-state index >= 15 is 0 Å². The first-order valence-electron chi connectivity index (χ1n) is 6.91. The van der Waals surface area contributed by atoms with E-state index in [9.17, 15) is 9.59 Å². The molecule has 0 amide bonds. The lowest BCUT2D eigenvalue weighted by molar-refractivity contribution is 0.0409. The molecule has 0 aromatic carbocycles. The van der Waals surface area contributed by atoms with Gasteiger partial charge >= 0.3 is 12.3 Å². The second kappa shape index (κ2) is 11.4. The molecule has 0 saturated carbocycles. The molecule has 7 heteroatoms. The van der Waals surface area contributed by atoms with Crippen molar-refractivity contribution in [1.29, 1.82) is 0 Å². The van der Waals surface area contributed by atoms with Crippen molar-refractivity contribution in [2.24, 2.45) is 0 Å². The van der Waals surface area contributed by atoms with Gasteiger partial charge in [0.2, 0.25) is 0 Å². The molecule has 0 spiro atoms. The molecule has 0 unspecified atom stereocenters. The van der Waals surface area contributed by atoms with Crippen molar-refractivity contribution in [3.63, 3.8) is 0 Å².